The summed E-state index contributed by atoms with van der Waals surface area (Å²) in [6, 6.07) is 13.3. The Morgan fingerprint density at radius 3 is 2.67 bits per heavy atom. The third kappa shape index (κ3) is 4.37. The molecule has 1 unspecified atom stereocenters. The van der Waals surface area contributed by atoms with Crippen LogP contribution >= 0.6 is 0 Å². The fourth-order valence-corrected chi connectivity index (χ4v) is 2.98. The van der Waals surface area contributed by atoms with Gasteiger partial charge >= 0.3 is 0 Å². The van der Waals surface area contributed by atoms with E-state index in [4.69, 9.17) is 4.74 Å². The lowest BCUT2D eigenvalue weighted by atomic mass is 10.1. The minimum atomic E-state index is -0.531. The van der Waals surface area contributed by atoms with Crippen LogP contribution in [-0.4, -0.2) is 24.5 Å². The predicted octanol–water partition coefficient (Wildman–Crippen LogP) is 4.17. The van der Waals surface area contributed by atoms with Gasteiger partial charge in [-0.15, -0.1) is 0 Å². The summed E-state index contributed by atoms with van der Waals surface area (Å²) < 4.78 is 5.72. The second-order valence-electron chi connectivity index (χ2n) is 6.67. The lowest BCUT2D eigenvalue weighted by Crippen LogP contribution is -2.44. The molecule has 27 heavy (non-hydrogen) atoms. The van der Waals surface area contributed by atoms with Crippen LogP contribution in [0.1, 0.15) is 31.4 Å². The molecular weight excluding hydrogens is 340 g/mol. The zero-order valence-corrected chi connectivity index (χ0v) is 15.9. The van der Waals surface area contributed by atoms with Crippen molar-refractivity contribution in [2.75, 3.05) is 16.8 Å². The van der Waals surface area contributed by atoms with E-state index in [0.717, 1.165) is 17.7 Å². The molecule has 1 aliphatic heterocycles. The van der Waals surface area contributed by atoms with Crippen LogP contribution in [0.5, 0.6) is 5.75 Å². The van der Waals surface area contributed by atoms with Crippen LogP contribution in [0, 0.1) is 6.92 Å². The van der Waals surface area contributed by atoms with Crippen molar-refractivity contribution in [2.24, 2.45) is 0 Å². The number of carbonyl (C=O) groups is 2. The van der Waals surface area contributed by atoms with E-state index in [1.165, 1.54) is 11.6 Å². The average molecular weight is 364 g/mol. The number of ether oxygens (including phenoxy) is 1. The van der Waals surface area contributed by atoms with Gasteiger partial charge in [-0.2, -0.15) is 0 Å². The summed E-state index contributed by atoms with van der Waals surface area (Å²) in [5.41, 5.74) is 3.51. The zero-order chi connectivity index (χ0) is 19.4. The molecule has 2 amide bonds. The quantitative estimate of drug-likeness (QED) is 0.810. The monoisotopic (exact) mass is 364 g/mol. The molecule has 2 aromatic rings. The number of amides is 2. The van der Waals surface area contributed by atoms with Crippen molar-refractivity contribution in [1.82, 2.24) is 0 Å². The predicted molar refractivity (Wildman–Crippen MR) is 108 cm³/mol. The molecule has 0 saturated carbocycles. The van der Waals surface area contributed by atoms with Crippen molar-refractivity contribution < 1.29 is 14.3 Å². The molecule has 5 nitrogen and oxygen atoms in total. The highest BCUT2D eigenvalue weighted by Crippen LogP contribution is 2.36. The van der Waals surface area contributed by atoms with E-state index in [0.29, 0.717) is 18.0 Å². The molecule has 0 spiro atoms. The van der Waals surface area contributed by atoms with Gasteiger partial charge < -0.3 is 15.0 Å². The molecule has 3 rings (SSSR count). The van der Waals surface area contributed by atoms with E-state index in [9.17, 15) is 9.59 Å². The minimum absolute atomic E-state index is 0.0397. The Morgan fingerprint density at radius 2 is 1.96 bits per heavy atom. The van der Waals surface area contributed by atoms with Crippen molar-refractivity contribution >= 4 is 29.3 Å². The molecule has 0 bridgehead atoms. The molecule has 0 aromatic heterocycles. The lowest BCUT2D eigenvalue weighted by Gasteiger charge is -2.33. The fraction of sp³-hybridized carbons (Fsp3) is 0.273. The first-order chi connectivity index (χ1) is 13.0. The molecule has 0 saturated heterocycles. The van der Waals surface area contributed by atoms with E-state index < -0.39 is 6.10 Å². The van der Waals surface area contributed by atoms with Gasteiger partial charge in [0.15, 0.2) is 6.10 Å². The summed E-state index contributed by atoms with van der Waals surface area (Å²) in [5.74, 6) is 0.346. The summed E-state index contributed by atoms with van der Waals surface area (Å²) in [5, 5.41) is 2.84. The topological polar surface area (TPSA) is 58.6 Å². The number of fused-ring (bicyclic) bond motifs is 1. The number of anilines is 2. The highest BCUT2D eigenvalue weighted by Gasteiger charge is 2.31. The number of nitrogens with one attached hydrogen (secondary N) is 1. The van der Waals surface area contributed by atoms with E-state index in [-0.39, 0.29) is 11.8 Å². The molecule has 1 N–H and O–H groups in total. The maximum absolute atomic E-state index is 12.3. The van der Waals surface area contributed by atoms with Gasteiger partial charge in [-0.25, -0.2) is 0 Å². The average Bonchev–Trinajstić information content (AvgIpc) is 2.65. The number of benzene rings is 2. The number of nitrogens with zero attached hydrogens (tertiary/aromatic N) is 1. The summed E-state index contributed by atoms with van der Waals surface area (Å²) in [7, 11) is 0. The van der Waals surface area contributed by atoms with Crippen molar-refractivity contribution in [2.45, 2.75) is 33.3 Å². The molecule has 1 atom stereocenters. The smallest absolute Gasteiger partial charge is 0.267 e. The van der Waals surface area contributed by atoms with Gasteiger partial charge in [-0.3, -0.25) is 9.59 Å². The van der Waals surface area contributed by atoms with E-state index in [1.54, 1.807) is 30.0 Å². The first kappa shape index (κ1) is 18.7. The van der Waals surface area contributed by atoms with Gasteiger partial charge in [0.1, 0.15) is 5.75 Å². The molecule has 1 heterocycles. The Kier molecular flexibility index (Phi) is 5.60. The van der Waals surface area contributed by atoms with Crippen LogP contribution in [-0.2, 0) is 9.59 Å². The second kappa shape index (κ2) is 8.08. The normalized spacial score (nSPS) is 16.2. The zero-order valence-electron chi connectivity index (χ0n) is 15.9. The molecule has 0 fully saturated rings. The standard InChI is InChI=1S/C22H24N2O3/c1-4-13-24-19-11-10-18(14-20(19)27-16(3)22(24)26)23-21(25)12-9-17-7-5-15(2)6-8-17/h5-12,14,16H,4,13H2,1-3H3,(H,23,25)/b12-9+. The maximum atomic E-state index is 12.3. The van der Waals surface area contributed by atoms with E-state index in [2.05, 4.69) is 5.32 Å². The van der Waals surface area contributed by atoms with Gasteiger partial charge in [-0.1, -0.05) is 36.8 Å². The van der Waals surface area contributed by atoms with Crippen molar-refractivity contribution in [3.8, 4) is 5.75 Å². The van der Waals surface area contributed by atoms with Crippen molar-refractivity contribution in [1.29, 1.82) is 0 Å². The highest BCUT2D eigenvalue weighted by atomic mass is 16.5. The molecule has 1 aliphatic rings. The summed E-state index contributed by atoms with van der Waals surface area (Å²) in [6.45, 7) is 6.44. The lowest BCUT2D eigenvalue weighted by molar-refractivity contribution is -0.125. The van der Waals surface area contributed by atoms with Crippen LogP contribution in [0.25, 0.3) is 6.08 Å². The first-order valence-corrected chi connectivity index (χ1v) is 9.15. The molecule has 0 aliphatic carbocycles. The van der Waals surface area contributed by atoms with Gasteiger partial charge in [0.25, 0.3) is 5.91 Å². The van der Waals surface area contributed by atoms with Crippen molar-refractivity contribution in [3.63, 3.8) is 0 Å². The molecule has 140 valence electrons. The maximum Gasteiger partial charge on any atom is 0.267 e. The van der Waals surface area contributed by atoms with Gasteiger partial charge in [-0.05, 0) is 44.0 Å². The second-order valence-corrected chi connectivity index (χ2v) is 6.67. The van der Waals surface area contributed by atoms with Gasteiger partial charge in [0.2, 0.25) is 5.91 Å². The highest BCUT2D eigenvalue weighted by molar-refractivity contribution is 6.03. The van der Waals surface area contributed by atoms with Crippen LogP contribution in [0.4, 0.5) is 11.4 Å². The Bertz CT molecular complexity index is 872. The van der Waals surface area contributed by atoms with Crippen molar-refractivity contribution in [3.05, 3.63) is 59.7 Å². The van der Waals surface area contributed by atoms with Crippen LogP contribution in [0.2, 0.25) is 0 Å². The Balaban J connectivity index is 1.73. The number of hydrogen-bond donors (Lipinski definition) is 1. The molecule has 5 heteroatoms. The molecular formula is C22H24N2O3. The number of rotatable bonds is 5. The Labute approximate surface area is 159 Å². The number of hydrogen-bond acceptors (Lipinski definition) is 3. The van der Waals surface area contributed by atoms with Crippen LogP contribution in [0.15, 0.2) is 48.5 Å². The third-order valence-electron chi connectivity index (χ3n) is 4.39. The van der Waals surface area contributed by atoms with E-state index >= 15 is 0 Å². The van der Waals surface area contributed by atoms with Gasteiger partial charge in [0, 0.05) is 24.4 Å². The number of carbonyl (C=O) groups excluding carboxylic acids is 2. The summed E-state index contributed by atoms with van der Waals surface area (Å²) in [6.07, 6.45) is 3.60. The Hall–Kier alpha value is -3.08. The number of aryl methyl sites for hydroxylation is 1. The van der Waals surface area contributed by atoms with Gasteiger partial charge in [0.05, 0.1) is 5.69 Å². The van der Waals surface area contributed by atoms with Crippen LogP contribution < -0.4 is 15.0 Å². The Morgan fingerprint density at radius 1 is 1.22 bits per heavy atom. The minimum Gasteiger partial charge on any atom is -0.479 e. The largest absolute Gasteiger partial charge is 0.479 e. The first-order valence-electron chi connectivity index (χ1n) is 9.15. The summed E-state index contributed by atoms with van der Waals surface area (Å²) in [4.78, 5) is 26.2. The SMILES string of the molecule is CCCN1C(=O)C(C)Oc2cc(NC(=O)/C=C/c3ccc(C)cc3)ccc21. The van der Waals surface area contributed by atoms with Crippen LogP contribution in [0.3, 0.4) is 0 Å². The third-order valence-corrected chi connectivity index (χ3v) is 4.39. The van der Waals surface area contributed by atoms with E-state index in [1.807, 2.05) is 44.2 Å². The summed E-state index contributed by atoms with van der Waals surface area (Å²) >= 11 is 0. The fourth-order valence-electron chi connectivity index (χ4n) is 2.98. The molecule has 2 aromatic carbocycles. The molecule has 0 radical (unpaired) electrons.